The lowest BCUT2D eigenvalue weighted by atomic mass is 10.1. The zero-order valence-corrected chi connectivity index (χ0v) is 10.3. The normalized spacial score (nSPS) is 9.41. The predicted octanol–water partition coefficient (Wildman–Crippen LogP) is 3.35. The van der Waals surface area contributed by atoms with Crippen LogP contribution in [0.4, 0.5) is 4.39 Å². The third kappa shape index (κ3) is 3.03. The summed E-state index contributed by atoms with van der Waals surface area (Å²) in [5.41, 5.74) is 1.61. The van der Waals surface area contributed by atoms with Gasteiger partial charge in [0.15, 0.2) is 0 Å². The standard InChI is InChI=1S/C12H11FNO.C2H6/c1-9-7-12(13)11(8-14(9)15)10-5-3-2-4-6-10;1-2/h2-8,15H,1H3;1-2H3/q+1;. The van der Waals surface area contributed by atoms with Crippen LogP contribution >= 0.6 is 0 Å². The average Bonchev–Trinajstić information content (AvgIpc) is 2.37. The summed E-state index contributed by atoms with van der Waals surface area (Å²) < 4.78 is 14.5. The topological polar surface area (TPSA) is 24.1 Å². The summed E-state index contributed by atoms with van der Waals surface area (Å²) in [6, 6.07) is 10.4. The molecule has 0 aliphatic heterocycles. The van der Waals surface area contributed by atoms with Crippen molar-refractivity contribution in [3.05, 3.63) is 54.1 Å². The number of hydrogen-bond donors (Lipinski definition) is 1. The number of rotatable bonds is 1. The molecule has 0 spiro atoms. The Morgan fingerprint density at radius 3 is 2.29 bits per heavy atom. The van der Waals surface area contributed by atoms with Crippen LogP contribution in [0.25, 0.3) is 11.1 Å². The van der Waals surface area contributed by atoms with E-state index < -0.39 is 0 Å². The fourth-order valence-corrected chi connectivity index (χ4v) is 1.44. The monoisotopic (exact) mass is 234 g/mol. The number of aromatic nitrogens is 1. The molecule has 2 aromatic rings. The summed E-state index contributed by atoms with van der Waals surface area (Å²) in [7, 11) is 0. The molecule has 0 amide bonds. The van der Waals surface area contributed by atoms with Crippen molar-refractivity contribution in [1.82, 2.24) is 0 Å². The van der Waals surface area contributed by atoms with Crippen molar-refractivity contribution in [2.75, 3.05) is 0 Å². The Hall–Kier alpha value is -1.90. The van der Waals surface area contributed by atoms with Crippen LogP contribution < -0.4 is 4.73 Å². The van der Waals surface area contributed by atoms with Crippen molar-refractivity contribution in [1.29, 1.82) is 0 Å². The quantitative estimate of drug-likeness (QED) is 0.593. The van der Waals surface area contributed by atoms with Crippen molar-refractivity contribution in [3.63, 3.8) is 0 Å². The zero-order chi connectivity index (χ0) is 12.8. The van der Waals surface area contributed by atoms with Crippen LogP contribution in [0.3, 0.4) is 0 Å². The van der Waals surface area contributed by atoms with Gasteiger partial charge < -0.3 is 0 Å². The van der Waals surface area contributed by atoms with Crippen molar-refractivity contribution in [3.8, 4) is 11.1 Å². The van der Waals surface area contributed by atoms with Crippen molar-refractivity contribution < 1.29 is 14.3 Å². The van der Waals surface area contributed by atoms with E-state index in [0.717, 1.165) is 10.3 Å². The molecule has 0 bridgehead atoms. The first-order chi connectivity index (χ1) is 8.18. The van der Waals surface area contributed by atoms with Gasteiger partial charge in [0, 0.05) is 17.7 Å². The van der Waals surface area contributed by atoms with Crippen molar-refractivity contribution in [2.24, 2.45) is 0 Å². The number of aryl methyl sites for hydroxylation is 1. The van der Waals surface area contributed by atoms with Gasteiger partial charge in [0.25, 0.3) is 0 Å². The molecule has 0 saturated heterocycles. The second kappa shape index (κ2) is 5.99. The molecule has 0 aliphatic rings. The highest BCUT2D eigenvalue weighted by Crippen LogP contribution is 2.20. The number of benzene rings is 1. The second-order valence-electron chi connectivity index (χ2n) is 3.39. The van der Waals surface area contributed by atoms with Crippen LogP contribution in [0.5, 0.6) is 0 Å². The Balaban J connectivity index is 0.000000686. The molecule has 90 valence electrons. The van der Waals surface area contributed by atoms with Gasteiger partial charge in [-0.15, -0.1) is 0 Å². The lowest BCUT2D eigenvalue weighted by Crippen LogP contribution is -2.33. The Morgan fingerprint density at radius 2 is 1.71 bits per heavy atom. The lowest BCUT2D eigenvalue weighted by molar-refractivity contribution is -0.908. The largest absolute Gasteiger partial charge is 0.285 e. The van der Waals surface area contributed by atoms with Gasteiger partial charge in [0.2, 0.25) is 11.9 Å². The molecule has 0 unspecified atom stereocenters. The van der Waals surface area contributed by atoms with Crippen molar-refractivity contribution >= 4 is 0 Å². The van der Waals surface area contributed by atoms with E-state index in [1.54, 1.807) is 19.1 Å². The van der Waals surface area contributed by atoms with E-state index in [1.807, 2.05) is 32.0 Å². The SMILES string of the molecule is CC.Cc1cc(F)c(-c2ccccc2)c[n+]1O. The fourth-order valence-electron chi connectivity index (χ4n) is 1.44. The van der Waals surface area contributed by atoms with Crippen LogP contribution in [-0.2, 0) is 0 Å². The third-order valence-electron chi connectivity index (χ3n) is 2.29. The third-order valence-corrected chi connectivity index (χ3v) is 2.29. The van der Waals surface area contributed by atoms with E-state index in [1.165, 1.54) is 12.3 Å². The molecule has 1 heterocycles. The van der Waals surface area contributed by atoms with Gasteiger partial charge in [-0.3, -0.25) is 5.21 Å². The van der Waals surface area contributed by atoms with Crippen LogP contribution in [0.15, 0.2) is 42.6 Å². The summed E-state index contributed by atoms with van der Waals surface area (Å²) in [5.74, 6) is -0.330. The minimum Gasteiger partial charge on any atom is -0.285 e. The first-order valence-electron chi connectivity index (χ1n) is 5.65. The molecule has 1 aromatic carbocycles. The molecule has 2 nitrogen and oxygen atoms in total. The molecule has 0 aliphatic carbocycles. The highest BCUT2D eigenvalue weighted by Gasteiger charge is 2.14. The van der Waals surface area contributed by atoms with Crippen LogP contribution in [0.2, 0.25) is 0 Å². The molecule has 3 heteroatoms. The van der Waals surface area contributed by atoms with Gasteiger partial charge in [0.05, 0.1) is 5.56 Å². The molecule has 0 radical (unpaired) electrons. The molecular weight excluding hydrogens is 217 g/mol. The number of halogens is 1. The minimum absolute atomic E-state index is 0.330. The van der Waals surface area contributed by atoms with E-state index in [2.05, 4.69) is 0 Å². The van der Waals surface area contributed by atoms with Gasteiger partial charge in [-0.25, -0.2) is 4.39 Å². The van der Waals surface area contributed by atoms with E-state index in [9.17, 15) is 9.60 Å². The van der Waals surface area contributed by atoms with Crippen molar-refractivity contribution in [2.45, 2.75) is 20.8 Å². The number of hydrogen-bond acceptors (Lipinski definition) is 1. The summed E-state index contributed by atoms with van der Waals surface area (Å²) >= 11 is 0. The summed E-state index contributed by atoms with van der Waals surface area (Å²) in [5, 5.41) is 9.44. The Bertz CT molecular complexity index is 483. The maximum atomic E-state index is 13.6. The zero-order valence-electron chi connectivity index (χ0n) is 10.3. The van der Waals surface area contributed by atoms with Gasteiger partial charge in [0.1, 0.15) is 5.82 Å². The van der Waals surface area contributed by atoms with Gasteiger partial charge >= 0.3 is 0 Å². The Labute approximate surface area is 101 Å². The molecule has 2 rings (SSSR count). The smallest absolute Gasteiger partial charge is 0.234 e. The first kappa shape index (κ1) is 13.2. The lowest BCUT2D eigenvalue weighted by Gasteiger charge is -2.00. The molecule has 0 fully saturated rings. The van der Waals surface area contributed by atoms with Gasteiger partial charge in [-0.05, 0) is 5.56 Å². The van der Waals surface area contributed by atoms with Crippen LogP contribution in [0.1, 0.15) is 19.5 Å². The highest BCUT2D eigenvalue weighted by molar-refractivity contribution is 5.62. The summed E-state index contributed by atoms with van der Waals surface area (Å²) in [6.07, 6.45) is 1.38. The first-order valence-corrected chi connectivity index (χ1v) is 5.65. The van der Waals surface area contributed by atoms with E-state index in [-0.39, 0.29) is 5.82 Å². The summed E-state index contributed by atoms with van der Waals surface area (Å²) in [6.45, 7) is 5.64. The second-order valence-corrected chi connectivity index (χ2v) is 3.39. The number of nitrogens with zero attached hydrogens (tertiary/aromatic N) is 1. The van der Waals surface area contributed by atoms with Gasteiger partial charge in [-0.2, -0.15) is 0 Å². The van der Waals surface area contributed by atoms with E-state index in [4.69, 9.17) is 0 Å². The van der Waals surface area contributed by atoms with Crippen LogP contribution in [-0.4, -0.2) is 5.21 Å². The van der Waals surface area contributed by atoms with Crippen LogP contribution in [0, 0.1) is 12.7 Å². The Morgan fingerprint density at radius 1 is 1.12 bits per heavy atom. The van der Waals surface area contributed by atoms with Gasteiger partial charge in [-0.1, -0.05) is 44.2 Å². The molecular formula is C14H17FNO+. The molecule has 17 heavy (non-hydrogen) atoms. The predicted molar refractivity (Wildman–Crippen MR) is 65.3 cm³/mol. The van der Waals surface area contributed by atoms with E-state index in [0.29, 0.717) is 11.3 Å². The molecule has 0 saturated carbocycles. The fraction of sp³-hybridized carbons (Fsp3) is 0.214. The maximum absolute atomic E-state index is 13.6. The maximum Gasteiger partial charge on any atom is 0.234 e. The minimum atomic E-state index is -0.330. The molecule has 1 N–H and O–H groups in total. The highest BCUT2D eigenvalue weighted by atomic mass is 19.1. The average molecular weight is 234 g/mol. The molecule has 1 aromatic heterocycles. The number of pyridine rings is 1. The van der Waals surface area contributed by atoms with E-state index >= 15 is 0 Å². The summed E-state index contributed by atoms with van der Waals surface area (Å²) in [4.78, 5) is 0. The molecule has 0 atom stereocenters. The Kier molecular flexibility index (Phi) is 4.64.